The first-order valence-electron chi connectivity index (χ1n) is 5.20. The Morgan fingerprint density at radius 1 is 1.50 bits per heavy atom. The summed E-state index contributed by atoms with van der Waals surface area (Å²) in [6.45, 7) is 3.35. The molecular weight excluding hydrogens is 174 g/mol. The zero-order valence-corrected chi connectivity index (χ0v) is 8.53. The number of benzene rings is 1. The lowest BCUT2D eigenvalue weighted by Gasteiger charge is -2.11. The van der Waals surface area contributed by atoms with Gasteiger partial charge in [0.25, 0.3) is 0 Å². The van der Waals surface area contributed by atoms with Crippen LogP contribution in [0.5, 0.6) is 0 Å². The summed E-state index contributed by atoms with van der Waals surface area (Å²) >= 11 is 0. The van der Waals surface area contributed by atoms with E-state index in [2.05, 4.69) is 36.5 Å². The Morgan fingerprint density at radius 2 is 2.36 bits per heavy atom. The van der Waals surface area contributed by atoms with E-state index >= 15 is 0 Å². The third kappa shape index (κ3) is 1.97. The van der Waals surface area contributed by atoms with E-state index in [1.54, 1.807) is 0 Å². The number of rotatable bonds is 2. The van der Waals surface area contributed by atoms with Crippen molar-refractivity contribution in [1.82, 2.24) is 5.32 Å². The van der Waals surface area contributed by atoms with E-state index in [0.29, 0.717) is 18.6 Å². The molecule has 0 aromatic heterocycles. The molecule has 76 valence electrons. The molecule has 2 heteroatoms. The molecule has 1 aromatic rings. The largest absolute Gasteiger partial charge is 0.396 e. The summed E-state index contributed by atoms with van der Waals surface area (Å²) in [6, 6.07) is 9.02. The Balaban J connectivity index is 2.09. The summed E-state index contributed by atoms with van der Waals surface area (Å²) in [6.07, 6.45) is 1.06. The first kappa shape index (κ1) is 9.69. The zero-order chi connectivity index (χ0) is 9.97. The van der Waals surface area contributed by atoms with Crippen LogP contribution in [0.1, 0.15) is 23.6 Å². The van der Waals surface area contributed by atoms with Gasteiger partial charge < -0.3 is 10.4 Å². The quantitative estimate of drug-likeness (QED) is 0.744. The van der Waals surface area contributed by atoms with Crippen molar-refractivity contribution in [1.29, 1.82) is 0 Å². The van der Waals surface area contributed by atoms with Crippen molar-refractivity contribution in [2.24, 2.45) is 5.92 Å². The normalized spacial score (nSPS) is 26.7. The molecule has 2 unspecified atom stereocenters. The van der Waals surface area contributed by atoms with E-state index in [9.17, 15) is 0 Å². The molecule has 2 N–H and O–H groups in total. The standard InChI is InChI=1S/C12H17NO/c1-9-3-2-4-11(5-9)12-6-10(8-14)7-13-12/h2-5,10,12-14H,6-8H2,1H3. The fraction of sp³-hybridized carbons (Fsp3) is 0.500. The molecule has 1 heterocycles. The lowest BCUT2D eigenvalue weighted by molar-refractivity contribution is 0.236. The summed E-state index contributed by atoms with van der Waals surface area (Å²) in [5.74, 6) is 0.431. The zero-order valence-electron chi connectivity index (χ0n) is 8.53. The predicted octanol–water partition coefficient (Wildman–Crippen LogP) is 1.64. The average Bonchev–Trinajstić information content (AvgIpc) is 2.66. The topological polar surface area (TPSA) is 32.3 Å². The maximum atomic E-state index is 9.05. The second-order valence-corrected chi connectivity index (χ2v) is 4.16. The molecule has 14 heavy (non-hydrogen) atoms. The van der Waals surface area contributed by atoms with Crippen molar-refractivity contribution in [3.8, 4) is 0 Å². The molecule has 1 aromatic carbocycles. The van der Waals surface area contributed by atoms with Crippen molar-refractivity contribution in [3.05, 3.63) is 35.4 Å². The minimum Gasteiger partial charge on any atom is -0.396 e. The van der Waals surface area contributed by atoms with Crippen LogP contribution in [0.25, 0.3) is 0 Å². The number of nitrogens with one attached hydrogen (secondary N) is 1. The molecule has 1 aliphatic rings. The molecule has 2 atom stereocenters. The monoisotopic (exact) mass is 191 g/mol. The first-order chi connectivity index (χ1) is 6.79. The highest BCUT2D eigenvalue weighted by molar-refractivity contribution is 5.25. The number of hydrogen-bond donors (Lipinski definition) is 2. The van der Waals surface area contributed by atoms with E-state index in [-0.39, 0.29) is 0 Å². The molecule has 0 spiro atoms. The molecule has 1 fully saturated rings. The average molecular weight is 191 g/mol. The van der Waals surface area contributed by atoms with Crippen LogP contribution in [-0.2, 0) is 0 Å². The summed E-state index contributed by atoms with van der Waals surface area (Å²) in [5.41, 5.74) is 2.65. The van der Waals surface area contributed by atoms with E-state index < -0.39 is 0 Å². The smallest absolute Gasteiger partial charge is 0.0472 e. The highest BCUT2D eigenvalue weighted by Gasteiger charge is 2.24. The first-order valence-corrected chi connectivity index (χ1v) is 5.20. The van der Waals surface area contributed by atoms with E-state index in [4.69, 9.17) is 5.11 Å². The van der Waals surface area contributed by atoms with Crippen LogP contribution in [-0.4, -0.2) is 18.3 Å². The summed E-state index contributed by atoms with van der Waals surface area (Å²) in [5, 5.41) is 12.5. The van der Waals surface area contributed by atoms with Gasteiger partial charge in [0.05, 0.1) is 0 Å². The van der Waals surface area contributed by atoms with Crippen LogP contribution in [0, 0.1) is 12.8 Å². The predicted molar refractivity (Wildman–Crippen MR) is 57.1 cm³/mol. The fourth-order valence-corrected chi connectivity index (χ4v) is 2.09. The highest BCUT2D eigenvalue weighted by atomic mass is 16.3. The maximum Gasteiger partial charge on any atom is 0.0472 e. The molecule has 0 bridgehead atoms. The van der Waals surface area contributed by atoms with Gasteiger partial charge >= 0.3 is 0 Å². The Bertz CT molecular complexity index is 311. The van der Waals surface area contributed by atoms with Crippen molar-refractivity contribution in [2.75, 3.05) is 13.2 Å². The molecule has 1 aliphatic heterocycles. The lowest BCUT2D eigenvalue weighted by atomic mass is 9.99. The second-order valence-electron chi connectivity index (χ2n) is 4.16. The summed E-state index contributed by atoms with van der Waals surface area (Å²) in [4.78, 5) is 0. The van der Waals surface area contributed by atoms with Gasteiger partial charge in [0.1, 0.15) is 0 Å². The Morgan fingerprint density at radius 3 is 3.00 bits per heavy atom. The molecule has 0 saturated carbocycles. The highest BCUT2D eigenvalue weighted by Crippen LogP contribution is 2.26. The van der Waals surface area contributed by atoms with Gasteiger partial charge in [-0.1, -0.05) is 29.8 Å². The van der Waals surface area contributed by atoms with Crippen molar-refractivity contribution in [3.63, 3.8) is 0 Å². The SMILES string of the molecule is Cc1cccc(C2CC(CO)CN2)c1. The van der Waals surface area contributed by atoms with E-state index in [1.807, 2.05) is 0 Å². The van der Waals surface area contributed by atoms with Crippen LogP contribution in [0.4, 0.5) is 0 Å². The van der Waals surface area contributed by atoms with Gasteiger partial charge in [0.15, 0.2) is 0 Å². The second kappa shape index (κ2) is 4.11. The molecule has 2 rings (SSSR count). The fourth-order valence-electron chi connectivity index (χ4n) is 2.09. The van der Waals surface area contributed by atoms with E-state index in [0.717, 1.165) is 13.0 Å². The minimum absolute atomic E-state index is 0.301. The van der Waals surface area contributed by atoms with Gasteiger partial charge in [-0.05, 0) is 24.8 Å². The van der Waals surface area contributed by atoms with Gasteiger partial charge in [0.2, 0.25) is 0 Å². The van der Waals surface area contributed by atoms with Gasteiger partial charge in [-0.15, -0.1) is 0 Å². The molecular formula is C12H17NO. The van der Waals surface area contributed by atoms with Crippen molar-refractivity contribution >= 4 is 0 Å². The molecule has 0 amide bonds. The van der Waals surface area contributed by atoms with Crippen LogP contribution in [0.2, 0.25) is 0 Å². The van der Waals surface area contributed by atoms with Crippen LogP contribution >= 0.6 is 0 Å². The molecule has 1 saturated heterocycles. The summed E-state index contributed by atoms with van der Waals surface area (Å²) in [7, 11) is 0. The third-order valence-corrected chi connectivity index (χ3v) is 2.92. The lowest BCUT2D eigenvalue weighted by Crippen LogP contribution is -2.14. The summed E-state index contributed by atoms with van der Waals surface area (Å²) < 4.78 is 0. The number of hydrogen-bond acceptors (Lipinski definition) is 2. The van der Waals surface area contributed by atoms with Crippen molar-refractivity contribution in [2.45, 2.75) is 19.4 Å². The Kier molecular flexibility index (Phi) is 2.85. The van der Waals surface area contributed by atoms with Crippen molar-refractivity contribution < 1.29 is 5.11 Å². The molecule has 0 aliphatic carbocycles. The third-order valence-electron chi connectivity index (χ3n) is 2.92. The van der Waals surface area contributed by atoms with Crippen LogP contribution in [0.15, 0.2) is 24.3 Å². The molecule has 0 radical (unpaired) electrons. The minimum atomic E-state index is 0.301. The van der Waals surface area contributed by atoms with Crippen LogP contribution in [0.3, 0.4) is 0 Å². The van der Waals surface area contributed by atoms with Gasteiger partial charge in [-0.3, -0.25) is 0 Å². The van der Waals surface area contributed by atoms with Gasteiger partial charge in [-0.2, -0.15) is 0 Å². The van der Waals surface area contributed by atoms with Gasteiger partial charge in [-0.25, -0.2) is 0 Å². The Hall–Kier alpha value is -0.860. The van der Waals surface area contributed by atoms with Crippen LogP contribution < -0.4 is 5.32 Å². The molecule has 2 nitrogen and oxygen atoms in total. The number of aryl methyl sites for hydroxylation is 1. The maximum absolute atomic E-state index is 9.05. The van der Waals surface area contributed by atoms with Gasteiger partial charge in [0, 0.05) is 19.2 Å². The Labute approximate surface area is 85.0 Å². The number of aliphatic hydroxyl groups is 1. The van der Waals surface area contributed by atoms with E-state index in [1.165, 1.54) is 11.1 Å². The number of aliphatic hydroxyl groups excluding tert-OH is 1.